The summed E-state index contributed by atoms with van der Waals surface area (Å²) in [6.45, 7) is 7.20. The summed E-state index contributed by atoms with van der Waals surface area (Å²) in [5.41, 5.74) is 3.88. The van der Waals surface area contributed by atoms with Gasteiger partial charge in [0, 0.05) is 19.6 Å². The van der Waals surface area contributed by atoms with Gasteiger partial charge in [-0.2, -0.15) is 0 Å². The number of rotatable bonds is 9. The van der Waals surface area contributed by atoms with Crippen LogP contribution >= 0.6 is 0 Å². The minimum Gasteiger partial charge on any atom is -0.491 e. The van der Waals surface area contributed by atoms with Gasteiger partial charge in [-0.1, -0.05) is 48.4 Å². The summed E-state index contributed by atoms with van der Waals surface area (Å²) in [6, 6.07) is 16.9. The number of ether oxygens (including phenoxy) is 1. The fourth-order valence-corrected chi connectivity index (χ4v) is 3.75. The van der Waals surface area contributed by atoms with Crippen LogP contribution in [0.1, 0.15) is 36.0 Å². The molecule has 1 aliphatic heterocycles. The molecule has 2 aromatic carbocycles. The van der Waals surface area contributed by atoms with Crippen LogP contribution in [0.15, 0.2) is 48.5 Å². The highest BCUT2D eigenvalue weighted by atomic mass is 16.5. The molecule has 3 rings (SSSR count). The van der Waals surface area contributed by atoms with Crippen LogP contribution in [0, 0.1) is 6.92 Å². The van der Waals surface area contributed by atoms with E-state index in [9.17, 15) is 5.11 Å². The van der Waals surface area contributed by atoms with E-state index in [-0.39, 0.29) is 0 Å². The Kier molecular flexibility index (Phi) is 7.90. The van der Waals surface area contributed by atoms with Crippen molar-refractivity contribution in [3.8, 4) is 5.75 Å². The number of hydrogen-bond acceptors (Lipinski definition) is 4. The van der Waals surface area contributed by atoms with Crippen LogP contribution in [-0.2, 0) is 13.1 Å². The van der Waals surface area contributed by atoms with Gasteiger partial charge in [0.15, 0.2) is 0 Å². The summed E-state index contributed by atoms with van der Waals surface area (Å²) in [6.07, 6.45) is 3.37. The summed E-state index contributed by atoms with van der Waals surface area (Å²) in [4.78, 5) is 4.65. The van der Waals surface area contributed by atoms with Gasteiger partial charge in [-0.15, -0.1) is 0 Å². The van der Waals surface area contributed by atoms with Crippen molar-refractivity contribution in [1.82, 2.24) is 9.80 Å². The summed E-state index contributed by atoms with van der Waals surface area (Å²) in [7, 11) is 2.14. The van der Waals surface area contributed by atoms with Gasteiger partial charge in [-0.05, 0) is 63.2 Å². The van der Waals surface area contributed by atoms with E-state index in [0.29, 0.717) is 13.2 Å². The minimum atomic E-state index is -0.432. The fraction of sp³-hybridized carbons (Fsp3) is 0.500. The summed E-state index contributed by atoms with van der Waals surface area (Å²) >= 11 is 0. The lowest BCUT2D eigenvalue weighted by Crippen LogP contribution is -2.38. The summed E-state index contributed by atoms with van der Waals surface area (Å²) < 4.78 is 5.79. The van der Waals surface area contributed by atoms with Crippen molar-refractivity contribution in [3.63, 3.8) is 0 Å². The molecule has 0 bridgehead atoms. The molecule has 28 heavy (non-hydrogen) atoms. The average molecular weight is 383 g/mol. The van der Waals surface area contributed by atoms with Crippen LogP contribution in [0.4, 0.5) is 0 Å². The Morgan fingerprint density at radius 1 is 0.929 bits per heavy atom. The molecule has 1 atom stereocenters. The summed E-state index contributed by atoms with van der Waals surface area (Å²) in [5.74, 6) is 0.822. The van der Waals surface area contributed by atoms with Crippen molar-refractivity contribution in [1.29, 1.82) is 0 Å². The number of hydrogen-bond donors (Lipinski definition) is 1. The first-order valence-corrected chi connectivity index (χ1v) is 10.4. The molecule has 0 aliphatic carbocycles. The van der Waals surface area contributed by atoms with E-state index >= 15 is 0 Å². The molecule has 0 aromatic heterocycles. The third-order valence-electron chi connectivity index (χ3n) is 5.31. The first-order chi connectivity index (χ1) is 13.6. The number of aliphatic hydroxyl groups excluding tert-OH is 1. The van der Waals surface area contributed by atoms with Crippen molar-refractivity contribution < 1.29 is 9.84 Å². The number of aliphatic hydroxyl groups is 1. The van der Waals surface area contributed by atoms with Crippen molar-refractivity contribution >= 4 is 0 Å². The van der Waals surface area contributed by atoms with Gasteiger partial charge in [0.25, 0.3) is 0 Å². The van der Waals surface area contributed by atoms with Crippen molar-refractivity contribution in [2.75, 3.05) is 33.3 Å². The third kappa shape index (κ3) is 6.93. The van der Waals surface area contributed by atoms with Crippen molar-refractivity contribution in [2.24, 2.45) is 0 Å². The van der Waals surface area contributed by atoms with Crippen molar-refractivity contribution in [3.05, 3.63) is 65.2 Å². The molecule has 0 amide bonds. The van der Waals surface area contributed by atoms with Gasteiger partial charge in [0.1, 0.15) is 18.5 Å². The Balaban J connectivity index is 1.40. The van der Waals surface area contributed by atoms with Crippen LogP contribution in [0.25, 0.3) is 0 Å². The van der Waals surface area contributed by atoms with E-state index in [4.69, 9.17) is 4.74 Å². The van der Waals surface area contributed by atoms with Crippen LogP contribution in [-0.4, -0.2) is 54.3 Å². The maximum absolute atomic E-state index is 10.2. The second-order valence-corrected chi connectivity index (χ2v) is 8.13. The van der Waals surface area contributed by atoms with Gasteiger partial charge in [0.2, 0.25) is 0 Å². The third-order valence-corrected chi connectivity index (χ3v) is 5.31. The van der Waals surface area contributed by atoms with Gasteiger partial charge in [-0.3, -0.25) is 4.90 Å². The summed E-state index contributed by atoms with van der Waals surface area (Å²) in [5, 5.41) is 10.2. The van der Waals surface area contributed by atoms with Gasteiger partial charge in [0.05, 0.1) is 0 Å². The Morgan fingerprint density at radius 2 is 1.50 bits per heavy atom. The molecule has 1 unspecified atom stereocenters. The van der Waals surface area contributed by atoms with E-state index < -0.39 is 6.10 Å². The molecule has 0 saturated carbocycles. The number of likely N-dealkylation sites (tertiary alicyclic amines) is 1. The van der Waals surface area contributed by atoms with Crippen LogP contribution in [0.5, 0.6) is 5.75 Å². The van der Waals surface area contributed by atoms with E-state index in [2.05, 4.69) is 60.2 Å². The zero-order valence-corrected chi connectivity index (χ0v) is 17.3. The molecule has 4 heteroatoms. The smallest absolute Gasteiger partial charge is 0.119 e. The highest BCUT2D eigenvalue weighted by Gasteiger charge is 2.15. The molecule has 0 radical (unpaired) electrons. The molecule has 1 saturated heterocycles. The van der Waals surface area contributed by atoms with Crippen molar-refractivity contribution in [2.45, 2.75) is 45.4 Å². The van der Waals surface area contributed by atoms with E-state index in [1.165, 1.54) is 36.0 Å². The predicted octanol–water partition coefficient (Wildman–Crippen LogP) is 3.85. The standard InChI is InChI=1S/C24H34N2O2/c1-20-6-8-21(9-7-20)16-25(2)17-22-10-12-24(13-11-22)28-19-23(27)18-26-14-4-3-5-15-26/h6-13,23,27H,3-5,14-19H2,1-2H3. The minimum absolute atomic E-state index is 0.350. The second kappa shape index (κ2) is 10.6. The van der Waals surface area contributed by atoms with E-state index in [1.807, 2.05) is 12.1 Å². The number of β-amino-alcohol motifs (C(OH)–C–C–N with tert-alkyl or cyclic N) is 1. The predicted molar refractivity (Wildman–Crippen MR) is 115 cm³/mol. The van der Waals surface area contributed by atoms with Gasteiger partial charge in [-0.25, -0.2) is 0 Å². The molecule has 1 fully saturated rings. The van der Waals surface area contributed by atoms with Crippen LogP contribution in [0.3, 0.4) is 0 Å². The van der Waals surface area contributed by atoms with Crippen LogP contribution < -0.4 is 4.74 Å². The average Bonchev–Trinajstić information content (AvgIpc) is 2.70. The highest BCUT2D eigenvalue weighted by molar-refractivity contribution is 5.27. The lowest BCUT2D eigenvalue weighted by molar-refractivity contribution is 0.0617. The SMILES string of the molecule is Cc1ccc(CN(C)Cc2ccc(OCC(O)CN3CCCCC3)cc2)cc1. The number of nitrogens with zero attached hydrogens (tertiary/aromatic N) is 2. The molecular formula is C24H34N2O2. The number of piperidine rings is 1. The molecule has 0 spiro atoms. The number of aryl methyl sites for hydroxylation is 1. The zero-order valence-electron chi connectivity index (χ0n) is 17.3. The molecule has 152 valence electrons. The molecule has 2 aromatic rings. The monoisotopic (exact) mass is 382 g/mol. The Morgan fingerprint density at radius 3 is 2.11 bits per heavy atom. The van der Waals surface area contributed by atoms with E-state index in [1.54, 1.807) is 0 Å². The first kappa shape index (κ1) is 20.8. The fourth-order valence-electron chi connectivity index (χ4n) is 3.75. The largest absolute Gasteiger partial charge is 0.491 e. The highest BCUT2D eigenvalue weighted by Crippen LogP contribution is 2.15. The topological polar surface area (TPSA) is 35.9 Å². The van der Waals surface area contributed by atoms with Gasteiger partial charge >= 0.3 is 0 Å². The normalized spacial score (nSPS) is 16.3. The molecule has 1 heterocycles. The Labute approximate surface area is 169 Å². The maximum Gasteiger partial charge on any atom is 0.119 e. The van der Waals surface area contributed by atoms with Crippen LogP contribution in [0.2, 0.25) is 0 Å². The molecular weight excluding hydrogens is 348 g/mol. The molecule has 4 nitrogen and oxygen atoms in total. The first-order valence-electron chi connectivity index (χ1n) is 10.4. The number of benzene rings is 2. The quantitative estimate of drug-likeness (QED) is 0.715. The molecule has 1 aliphatic rings. The molecule has 1 N–H and O–H groups in total. The van der Waals surface area contributed by atoms with E-state index in [0.717, 1.165) is 31.9 Å². The Bertz CT molecular complexity index is 694. The Hall–Kier alpha value is -1.88. The lowest BCUT2D eigenvalue weighted by Gasteiger charge is -2.28. The lowest BCUT2D eigenvalue weighted by atomic mass is 10.1. The second-order valence-electron chi connectivity index (χ2n) is 8.13. The van der Waals surface area contributed by atoms with Gasteiger partial charge < -0.3 is 14.7 Å². The zero-order chi connectivity index (χ0) is 19.8. The maximum atomic E-state index is 10.2.